The smallest absolute Gasteiger partial charge is 0.267 e. The number of amides is 1. The molecule has 0 bridgehead atoms. The number of carbonyl (C=O) groups excluding carboxylic acids is 1. The highest BCUT2D eigenvalue weighted by molar-refractivity contribution is 5.91. The summed E-state index contributed by atoms with van der Waals surface area (Å²) in [6.45, 7) is 1.14. The number of primary amides is 1. The number of aromatic nitrogens is 1. The molecule has 0 aliphatic rings. The maximum Gasteiger partial charge on any atom is 0.267 e. The Morgan fingerprint density at radius 3 is 2.65 bits per heavy atom. The van der Waals surface area contributed by atoms with Crippen LogP contribution in [0.5, 0.6) is 0 Å². The zero-order chi connectivity index (χ0) is 14.4. The number of nitrogens with zero attached hydrogens (tertiary/aromatic N) is 2. The summed E-state index contributed by atoms with van der Waals surface area (Å²) in [6.07, 6.45) is 1.55. The molecule has 0 atom stereocenters. The Labute approximate surface area is 117 Å². The second kappa shape index (κ2) is 6.68. The molecule has 0 fully saturated rings. The van der Waals surface area contributed by atoms with E-state index in [0.717, 1.165) is 11.3 Å². The van der Waals surface area contributed by atoms with Gasteiger partial charge in [0.15, 0.2) is 0 Å². The normalized spacial score (nSPS) is 10.2. The molecule has 104 valence electrons. The summed E-state index contributed by atoms with van der Waals surface area (Å²) in [5.74, 6) is -0.560. The van der Waals surface area contributed by atoms with Gasteiger partial charge in [0, 0.05) is 25.0 Å². The van der Waals surface area contributed by atoms with Gasteiger partial charge in [-0.25, -0.2) is 0 Å². The molecule has 3 N–H and O–H groups in total. The average Bonchev–Trinajstić information content (AvgIpc) is 2.48. The largest absolute Gasteiger partial charge is 0.395 e. The first kappa shape index (κ1) is 14.0. The molecule has 0 unspecified atom stereocenters. The second-order valence-electron chi connectivity index (χ2n) is 4.39. The number of carbonyl (C=O) groups is 1. The fraction of sp³-hybridized carbons (Fsp3) is 0.200. The van der Waals surface area contributed by atoms with E-state index in [0.29, 0.717) is 13.1 Å². The Morgan fingerprint density at radius 1 is 1.25 bits per heavy atom. The van der Waals surface area contributed by atoms with Crippen molar-refractivity contribution in [2.24, 2.45) is 5.73 Å². The minimum absolute atomic E-state index is 0.0288. The minimum atomic E-state index is -0.560. The minimum Gasteiger partial charge on any atom is -0.395 e. The first-order valence-electron chi connectivity index (χ1n) is 6.36. The van der Waals surface area contributed by atoms with Crippen LogP contribution in [-0.2, 0) is 6.54 Å². The molecule has 2 rings (SSSR count). The molecule has 1 aromatic heterocycles. The zero-order valence-electron chi connectivity index (χ0n) is 11.1. The highest BCUT2D eigenvalue weighted by Crippen LogP contribution is 2.17. The van der Waals surface area contributed by atoms with Crippen LogP contribution in [-0.4, -0.2) is 29.1 Å². The molecule has 0 aliphatic heterocycles. The summed E-state index contributed by atoms with van der Waals surface area (Å²) in [4.78, 5) is 17.1. The summed E-state index contributed by atoms with van der Waals surface area (Å²) < 4.78 is 0. The number of aliphatic hydroxyl groups excluding tert-OH is 1. The van der Waals surface area contributed by atoms with E-state index in [4.69, 9.17) is 5.73 Å². The molecule has 0 radical (unpaired) electrons. The van der Waals surface area contributed by atoms with Gasteiger partial charge in [-0.1, -0.05) is 30.3 Å². The lowest BCUT2D eigenvalue weighted by atomic mass is 10.2. The summed E-state index contributed by atoms with van der Waals surface area (Å²) in [7, 11) is 0. The molecule has 20 heavy (non-hydrogen) atoms. The van der Waals surface area contributed by atoms with E-state index in [9.17, 15) is 9.90 Å². The summed E-state index contributed by atoms with van der Waals surface area (Å²) >= 11 is 0. The molecule has 5 heteroatoms. The van der Waals surface area contributed by atoms with Crippen LogP contribution in [0.25, 0.3) is 0 Å². The van der Waals surface area contributed by atoms with Gasteiger partial charge in [-0.15, -0.1) is 0 Å². The van der Waals surface area contributed by atoms with E-state index in [-0.39, 0.29) is 12.3 Å². The van der Waals surface area contributed by atoms with Crippen LogP contribution in [0.2, 0.25) is 0 Å². The van der Waals surface area contributed by atoms with Crippen LogP contribution in [0.15, 0.2) is 48.7 Å². The average molecular weight is 271 g/mol. The van der Waals surface area contributed by atoms with Gasteiger partial charge in [0.1, 0.15) is 5.69 Å². The van der Waals surface area contributed by atoms with Gasteiger partial charge in [-0.2, -0.15) is 0 Å². The third-order valence-corrected chi connectivity index (χ3v) is 2.95. The van der Waals surface area contributed by atoms with Crippen LogP contribution < -0.4 is 10.6 Å². The van der Waals surface area contributed by atoms with Gasteiger partial charge < -0.3 is 15.7 Å². The molecule has 1 aromatic carbocycles. The Balaban J connectivity index is 2.24. The monoisotopic (exact) mass is 271 g/mol. The van der Waals surface area contributed by atoms with E-state index in [2.05, 4.69) is 4.98 Å². The Hall–Kier alpha value is -2.40. The molecular weight excluding hydrogens is 254 g/mol. The molecule has 0 saturated carbocycles. The van der Waals surface area contributed by atoms with Gasteiger partial charge in [0.05, 0.1) is 6.61 Å². The van der Waals surface area contributed by atoms with E-state index in [1.807, 2.05) is 35.2 Å². The highest BCUT2D eigenvalue weighted by Gasteiger charge is 2.10. The number of hydrogen-bond acceptors (Lipinski definition) is 4. The topological polar surface area (TPSA) is 79.5 Å². The quantitative estimate of drug-likeness (QED) is 0.827. The molecular formula is C15H17N3O2. The first-order chi connectivity index (χ1) is 9.70. The number of aliphatic hydroxyl groups is 1. The summed E-state index contributed by atoms with van der Waals surface area (Å²) in [5, 5.41) is 9.21. The molecule has 0 saturated heterocycles. The van der Waals surface area contributed by atoms with Crippen LogP contribution in [0.1, 0.15) is 16.1 Å². The summed E-state index contributed by atoms with van der Waals surface area (Å²) in [5.41, 5.74) is 7.40. The maximum atomic E-state index is 11.2. The van der Waals surface area contributed by atoms with Crippen molar-refractivity contribution in [1.29, 1.82) is 0 Å². The molecule has 5 nitrogen and oxygen atoms in total. The predicted molar refractivity (Wildman–Crippen MR) is 77.3 cm³/mol. The van der Waals surface area contributed by atoms with Crippen LogP contribution in [0, 0.1) is 0 Å². The zero-order valence-corrected chi connectivity index (χ0v) is 11.1. The maximum absolute atomic E-state index is 11.2. The van der Waals surface area contributed by atoms with Gasteiger partial charge in [0.25, 0.3) is 5.91 Å². The first-order valence-corrected chi connectivity index (χ1v) is 6.36. The number of nitrogens with two attached hydrogens (primary N) is 1. The molecule has 2 aromatic rings. The fourth-order valence-electron chi connectivity index (χ4n) is 1.97. The molecule has 1 amide bonds. The Kier molecular flexibility index (Phi) is 4.68. The third-order valence-electron chi connectivity index (χ3n) is 2.95. The van der Waals surface area contributed by atoms with Crippen molar-refractivity contribution in [3.8, 4) is 0 Å². The van der Waals surface area contributed by atoms with Gasteiger partial charge in [0.2, 0.25) is 0 Å². The van der Waals surface area contributed by atoms with Gasteiger partial charge in [-0.05, 0) is 17.7 Å². The second-order valence-corrected chi connectivity index (χ2v) is 4.39. The Bertz CT molecular complexity index is 572. The molecule has 0 aliphatic carbocycles. The third kappa shape index (κ3) is 3.55. The van der Waals surface area contributed by atoms with Gasteiger partial charge >= 0.3 is 0 Å². The molecule has 1 heterocycles. The van der Waals surface area contributed by atoms with Crippen molar-refractivity contribution in [2.45, 2.75) is 6.54 Å². The van der Waals surface area contributed by atoms with Crippen molar-refractivity contribution in [3.05, 3.63) is 59.9 Å². The van der Waals surface area contributed by atoms with Crippen molar-refractivity contribution < 1.29 is 9.90 Å². The van der Waals surface area contributed by atoms with Crippen molar-refractivity contribution in [1.82, 2.24) is 4.98 Å². The lowest BCUT2D eigenvalue weighted by Gasteiger charge is -2.24. The van der Waals surface area contributed by atoms with E-state index >= 15 is 0 Å². The van der Waals surface area contributed by atoms with Crippen molar-refractivity contribution in [2.75, 3.05) is 18.1 Å². The number of hydrogen-bond donors (Lipinski definition) is 2. The standard InChI is InChI=1S/C15H17N3O2/c16-15(20)14-10-13(6-7-17-14)18(8-9-19)11-12-4-2-1-3-5-12/h1-7,10,19H,8-9,11H2,(H2,16,20). The lowest BCUT2D eigenvalue weighted by molar-refractivity contribution is 0.0995. The van der Waals surface area contributed by atoms with Crippen LogP contribution in [0.4, 0.5) is 5.69 Å². The van der Waals surface area contributed by atoms with Crippen molar-refractivity contribution >= 4 is 11.6 Å². The molecule has 0 spiro atoms. The van der Waals surface area contributed by atoms with Crippen LogP contribution >= 0.6 is 0 Å². The highest BCUT2D eigenvalue weighted by atomic mass is 16.3. The Morgan fingerprint density at radius 2 is 2.00 bits per heavy atom. The number of benzene rings is 1. The number of anilines is 1. The van der Waals surface area contributed by atoms with E-state index in [1.165, 1.54) is 0 Å². The van der Waals surface area contributed by atoms with E-state index < -0.39 is 5.91 Å². The van der Waals surface area contributed by atoms with Crippen LogP contribution in [0.3, 0.4) is 0 Å². The summed E-state index contributed by atoms with van der Waals surface area (Å²) in [6, 6.07) is 13.4. The predicted octanol–water partition coefficient (Wildman–Crippen LogP) is 1.18. The lowest BCUT2D eigenvalue weighted by Crippen LogP contribution is -2.26. The van der Waals surface area contributed by atoms with Crippen molar-refractivity contribution in [3.63, 3.8) is 0 Å². The SMILES string of the molecule is NC(=O)c1cc(N(CCO)Cc2ccccc2)ccn1. The number of rotatable bonds is 6. The van der Waals surface area contributed by atoms with Gasteiger partial charge in [-0.3, -0.25) is 9.78 Å². The fourth-order valence-corrected chi connectivity index (χ4v) is 1.97. The number of pyridine rings is 1. The van der Waals surface area contributed by atoms with E-state index in [1.54, 1.807) is 18.3 Å².